The summed E-state index contributed by atoms with van der Waals surface area (Å²) in [6.45, 7) is 2.00. The van der Waals surface area contributed by atoms with Gasteiger partial charge in [0.2, 0.25) is 5.79 Å². The molecule has 0 unspecified atom stereocenters. The normalized spacial score (nSPS) is 12.0. The summed E-state index contributed by atoms with van der Waals surface area (Å²) in [6, 6.07) is 21.6. The summed E-state index contributed by atoms with van der Waals surface area (Å²) >= 11 is 1.61. The second kappa shape index (κ2) is 6.89. The third-order valence-corrected chi connectivity index (χ3v) is 6.07. The van der Waals surface area contributed by atoms with Gasteiger partial charge in [0.15, 0.2) is 5.43 Å². The minimum atomic E-state index is -1.02. The SMILES string of the molecule is COC(OC)(c1ccccc1)c1ccc2c(=O)c3cc(C)ccc3sc2c1. The third-order valence-electron chi connectivity index (χ3n) is 4.93. The molecule has 0 aliphatic heterocycles. The molecule has 27 heavy (non-hydrogen) atoms. The summed E-state index contributed by atoms with van der Waals surface area (Å²) < 4.78 is 13.6. The Morgan fingerprint density at radius 1 is 0.778 bits per heavy atom. The molecule has 0 saturated heterocycles. The number of hydrogen-bond acceptors (Lipinski definition) is 4. The van der Waals surface area contributed by atoms with Crippen LogP contribution in [0.5, 0.6) is 0 Å². The van der Waals surface area contributed by atoms with E-state index in [1.165, 1.54) is 0 Å². The van der Waals surface area contributed by atoms with Crippen LogP contribution in [-0.2, 0) is 15.3 Å². The van der Waals surface area contributed by atoms with Crippen molar-refractivity contribution in [2.45, 2.75) is 12.7 Å². The maximum Gasteiger partial charge on any atom is 0.221 e. The molecule has 0 amide bonds. The van der Waals surface area contributed by atoms with Crippen LogP contribution in [0.4, 0.5) is 0 Å². The molecule has 0 radical (unpaired) electrons. The van der Waals surface area contributed by atoms with Crippen molar-refractivity contribution in [2.75, 3.05) is 14.2 Å². The first kappa shape index (κ1) is 17.9. The van der Waals surface area contributed by atoms with Gasteiger partial charge in [-0.25, -0.2) is 0 Å². The highest BCUT2D eigenvalue weighted by atomic mass is 32.1. The monoisotopic (exact) mass is 376 g/mol. The van der Waals surface area contributed by atoms with Crippen LogP contribution in [0.2, 0.25) is 0 Å². The molecule has 4 aromatic rings. The van der Waals surface area contributed by atoms with E-state index in [1.54, 1.807) is 25.6 Å². The van der Waals surface area contributed by atoms with Crippen molar-refractivity contribution in [2.24, 2.45) is 0 Å². The quantitative estimate of drug-likeness (QED) is 0.362. The van der Waals surface area contributed by atoms with Gasteiger partial charge < -0.3 is 9.47 Å². The van der Waals surface area contributed by atoms with Crippen LogP contribution >= 0.6 is 11.3 Å². The van der Waals surface area contributed by atoms with Crippen molar-refractivity contribution >= 4 is 31.5 Å². The summed E-state index contributed by atoms with van der Waals surface area (Å²) in [7, 11) is 3.26. The maximum absolute atomic E-state index is 13.0. The molecule has 0 aliphatic rings. The van der Waals surface area contributed by atoms with Crippen molar-refractivity contribution in [3.63, 3.8) is 0 Å². The van der Waals surface area contributed by atoms with Gasteiger partial charge in [-0.05, 0) is 31.2 Å². The lowest BCUT2D eigenvalue weighted by Gasteiger charge is -2.32. The van der Waals surface area contributed by atoms with Crippen LogP contribution in [0.3, 0.4) is 0 Å². The van der Waals surface area contributed by atoms with Crippen molar-refractivity contribution in [3.8, 4) is 0 Å². The number of benzene rings is 3. The zero-order valence-corrected chi connectivity index (χ0v) is 16.3. The molecule has 136 valence electrons. The van der Waals surface area contributed by atoms with Gasteiger partial charge in [-0.1, -0.05) is 48.0 Å². The number of methoxy groups -OCH3 is 2. The molecular weight excluding hydrogens is 356 g/mol. The highest BCUT2D eigenvalue weighted by molar-refractivity contribution is 7.24. The average molecular weight is 376 g/mol. The third kappa shape index (κ3) is 2.86. The lowest BCUT2D eigenvalue weighted by Crippen LogP contribution is -2.32. The van der Waals surface area contributed by atoms with Crippen molar-refractivity contribution < 1.29 is 9.47 Å². The van der Waals surface area contributed by atoms with E-state index in [1.807, 2.05) is 73.7 Å². The smallest absolute Gasteiger partial charge is 0.221 e. The van der Waals surface area contributed by atoms with Gasteiger partial charge in [0, 0.05) is 45.5 Å². The van der Waals surface area contributed by atoms with Crippen LogP contribution in [0.15, 0.2) is 71.5 Å². The summed E-state index contributed by atoms with van der Waals surface area (Å²) in [5.74, 6) is -1.02. The molecule has 0 atom stereocenters. The fourth-order valence-corrected chi connectivity index (χ4v) is 4.64. The molecule has 0 spiro atoms. The minimum absolute atomic E-state index is 0.0640. The maximum atomic E-state index is 13.0. The first-order chi connectivity index (χ1) is 13.1. The van der Waals surface area contributed by atoms with Gasteiger partial charge in [0.05, 0.1) is 0 Å². The van der Waals surface area contributed by atoms with Crippen molar-refractivity contribution in [1.29, 1.82) is 0 Å². The Balaban J connectivity index is 1.99. The molecule has 4 heteroatoms. The molecule has 0 aliphatic carbocycles. The Morgan fingerprint density at radius 3 is 2.22 bits per heavy atom. The Morgan fingerprint density at radius 2 is 1.52 bits per heavy atom. The summed E-state index contributed by atoms with van der Waals surface area (Å²) in [5.41, 5.74) is 2.91. The average Bonchev–Trinajstić information content (AvgIpc) is 2.71. The molecule has 0 N–H and O–H groups in total. The zero-order valence-electron chi connectivity index (χ0n) is 15.5. The largest absolute Gasteiger partial charge is 0.346 e. The molecule has 3 aromatic carbocycles. The zero-order chi connectivity index (χ0) is 19.0. The molecule has 0 fully saturated rings. The summed E-state index contributed by atoms with van der Waals surface area (Å²) in [6.07, 6.45) is 0. The highest BCUT2D eigenvalue weighted by Gasteiger charge is 2.34. The van der Waals surface area contributed by atoms with E-state index in [2.05, 4.69) is 0 Å². The Bertz CT molecular complexity index is 1170. The number of fused-ring (bicyclic) bond motifs is 2. The van der Waals surface area contributed by atoms with E-state index in [0.717, 1.165) is 36.9 Å². The van der Waals surface area contributed by atoms with Gasteiger partial charge >= 0.3 is 0 Å². The van der Waals surface area contributed by atoms with Crippen molar-refractivity contribution in [3.05, 3.63) is 93.6 Å². The second-order valence-corrected chi connectivity index (χ2v) is 7.62. The molecular formula is C23H20O3S. The van der Waals surface area contributed by atoms with E-state index in [4.69, 9.17) is 9.47 Å². The van der Waals surface area contributed by atoms with Gasteiger partial charge in [-0.2, -0.15) is 0 Å². The highest BCUT2D eigenvalue weighted by Crippen LogP contribution is 2.36. The fraction of sp³-hybridized carbons (Fsp3) is 0.174. The van der Waals surface area contributed by atoms with E-state index in [-0.39, 0.29) is 5.43 Å². The van der Waals surface area contributed by atoms with E-state index in [9.17, 15) is 4.79 Å². The summed E-state index contributed by atoms with van der Waals surface area (Å²) in [4.78, 5) is 13.0. The van der Waals surface area contributed by atoms with Crippen LogP contribution < -0.4 is 5.43 Å². The lowest BCUT2D eigenvalue weighted by atomic mass is 9.96. The lowest BCUT2D eigenvalue weighted by molar-refractivity contribution is -0.183. The standard InChI is InChI=1S/C23H20O3S/c1-15-9-12-20-19(13-15)22(24)18-11-10-17(14-21(18)27-20)23(25-2,26-3)16-7-5-4-6-8-16/h4-14H,1-3H3. The van der Waals surface area contributed by atoms with Crippen LogP contribution in [0.25, 0.3) is 20.2 Å². The number of rotatable bonds is 4. The topological polar surface area (TPSA) is 35.5 Å². The molecule has 0 bridgehead atoms. The molecule has 1 heterocycles. The van der Waals surface area contributed by atoms with E-state index < -0.39 is 5.79 Å². The van der Waals surface area contributed by atoms with Crippen LogP contribution in [-0.4, -0.2) is 14.2 Å². The molecule has 4 rings (SSSR count). The second-order valence-electron chi connectivity index (χ2n) is 6.53. The van der Waals surface area contributed by atoms with Gasteiger partial charge in [-0.15, -0.1) is 11.3 Å². The molecule has 3 nitrogen and oxygen atoms in total. The van der Waals surface area contributed by atoms with Gasteiger partial charge in [-0.3, -0.25) is 4.79 Å². The fourth-order valence-electron chi connectivity index (χ4n) is 3.55. The molecule has 0 saturated carbocycles. The van der Waals surface area contributed by atoms with E-state index in [0.29, 0.717) is 0 Å². The first-order valence-corrected chi connectivity index (χ1v) is 9.54. The number of aryl methyl sites for hydroxylation is 1. The minimum Gasteiger partial charge on any atom is -0.346 e. The Hall–Kier alpha value is -2.53. The number of ether oxygens (including phenoxy) is 2. The van der Waals surface area contributed by atoms with Crippen LogP contribution in [0.1, 0.15) is 16.7 Å². The van der Waals surface area contributed by atoms with Crippen LogP contribution in [0, 0.1) is 6.92 Å². The number of hydrogen-bond donors (Lipinski definition) is 0. The Kier molecular flexibility index (Phi) is 4.56. The predicted molar refractivity (Wildman–Crippen MR) is 112 cm³/mol. The van der Waals surface area contributed by atoms with Gasteiger partial charge in [0.25, 0.3) is 0 Å². The van der Waals surface area contributed by atoms with Gasteiger partial charge in [0.1, 0.15) is 0 Å². The first-order valence-electron chi connectivity index (χ1n) is 8.72. The summed E-state index contributed by atoms with van der Waals surface area (Å²) in [5, 5.41) is 1.49. The van der Waals surface area contributed by atoms with E-state index >= 15 is 0 Å². The molecule has 1 aromatic heterocycles. The predicted octanol–water partition coefficient (Wildman–Crippen LogP) is 5.22. The van der Waals surface area contributed by atoms with Crippen molar-refractivity contribution in [1.82, 2.24) is 0 Å². The Labute approximate surface area is 161 Å².